The Morgan fingerprint density at radius 2 is 1.56 bits per heavy atom. The molecule has 0 spiro atoms. The summed E-state index contributed by atoms with van der Waals surface area (Å²) in [4.78, 5) is 11.4. The number of benzene rings is 4. The quantitative estimate of drug-likeness (QED) is 0.207. The third-order valence-corrected chi connectivity index (χ3v) is 8.10. The number of hydrogen-bond donors (Lipinski definition) is 3. The Hall–Kier alpha value is -3.69. The second kappa shape index (κ2) is 12.4. The molecule has 0 amide bonds. The molecule has 3 N–H and O–H groups in total. The molecule has 202 valence electrons. The van der Waals surface area contributed by atoms with E-state index in [0.29, 0.717) is 18.0 Å². The van der Waals surface area contributed by atoms with Gasteiger partial charge in [-0.15, -0.1) is 0 Å². The molecule has 0 fully saturated rings. The van der Waals surface area contributed by atoms with Crippen LogP contribution in [0.2, 0.25) is 5.02 Å². The number of hydrogen-bond acceptors (Lipinski definition) is 6. The largest absolute Gasteiger partial charge is 0.478 e. The SMILES string of the molecule is C[C@H](Cc1ccc(S(=O)(=O)c2cccc(Oc3cccc(C(=O)O)c3)c2)cc1)NC[C@@H](O)c1cccc(Cl)c1. The molecule has 0 bridgehead atoms. The highest BCUT2D eigenvalue weighted by Gasteiger charge is 2.19. The number of carboxylic acids is 1. The van der Waals surface area contributed by atoms with Crippen molar-refractivity contribution in [2.24, 2.45) is 0 Å². The molecular weight excluding hydrogens is 538 g/mol. The van der Waals surface area contributed by atoms with E-state index in [0.717, 1.165) is 11.1 Å². The Kier molecular flexibility index (Phi) is 9.04. The fourth-order valence-corrected chi connectivity index (χ4v) is 5.54. The number of rotatable bonds is 11. The van der Waals surface area contributed by atoms with Crippen molar-refractivity contribution >= 4 is 27.4 Å². The summed E-state index contributed by atoms with van der Waals surface area (Å²) < 4.78 is 32.3. The molecule has 7 nitrogen and oxygen atoms in total. The van der Waals surface area contributed by atoms with Crippen molar-refractivity contribution in [1.82, 2.24) is 5.32 Å². The summed E-state index contributed by atoms with van der Waals surface area (Å²) in [6.07, 6.45) is -0.0547. The Morgan fingerprint density at radius 3 is 2.26 bits per heavy atom. The van der Waals surface area contributed by atoms with E-state index in [9.17, 15) is 18.3 Å². The lowest BCUT2D eigenvalue weighted by Gasteiger charge is -2.18. The number of nitrogens with one attached hydrogen (secondary N) is 1. The van der Waals surface area contributed by atoms with Gasteiger partial charge in [0.2, 0.25) is 9.84 Å². The van der Waals surface area contributed by atoms with E-state index < -0.39 is 21.9 Å². The van der Waals surface area contributed by atoms with E-state index in [4.69, 9.17) is 21.4 Å². The van der Waals surface area contributed by atoms with Crippen LogP contribution in [-0.4, -0.2) is 37.2 Å². The Bertz CT molecular complexity index is 1560. The second-order valence-corrected chi connectivity index (χ2v) is 11.5. The van der Waals surface area contributed by atoms with E-state index in [2.05, 4.69) is 5.32 Å². The van der Waals surface area contributed by atoms with Gasteiger partial charge in [-0.05, 0) is 85.1 Å². The molecule has 9 heteroatoms. The highest BCUT2D eigenvalue weighted by atomic mass is 35.5. The van der Waals surface area contributed by atoms with Gasteiger partial charge in [-0.2, -0.15) is 0 Å². The molecule has 4 aromatic carbocycles. The normalized spacial score (nSPS) is 13.0. The van der Waals surface area contributed by atoms with Gasteiger partial charge in [-0.1, -0.05) is 48.0 Å². The molecule has 0 heterocycles. The van der Waals surface area contributed by atoms with Crippen molar-refractivity contribution in [3.05, 3.63) is 119 Å². The lowest BCUT2D eigenvalue weighted by atomic mass is 10.1. The van der Waals surface area contributed by atoms with Gasteiger partial charge >= 0.3 is 5.97 Å². The van der Waals surface area contributed by atoms with Crippen LogP contribution in [-0.2, 0) is 16.3 Å². The van der Waals surface area contributed by atoms with Gasteiger partial charge in [0.05, 0.1) is 21.5 Å². The summed E-state index contributed by atoms with van der Waals surface area (Å²) in [5, 5.41) is 23.4. The van der Waals surface area contributed by atoms with Crippen molar-refractivity contribution in [2.75, 3.05) is 6.54 Å². The molecule has 4 rings (SSSR count). The average Bonchev–Trinajstić information content (AvgIpc) is 2.92. The van der Waals surface area contributed by atoms with Gasteiger partial charge in [0.25, 0.3) is 0 Å². The molecular formula is C30H28ClNO6S. The van der Waals surface area contributed by atoms with Crippen molar-refractivity contribution in [3.63, 3.8) is 0 Å². The zero-order valence-electron chi connectivity index (χ0n) is 21.1. The van der Waals surface area contributed by atoms with Crippen LogP contribution in [0, 0.1) is 0 Å². The van der Waals surface area contributed by atoms with Crippen molar-refractivity contribution in [3.8, 4) is 11.5 Å². The lowest BCUT2D eigenvalue weighted by molar-refractivity contribution is 0.0696. The van der Waals surface area contributed by atoms with Crippen LogP contribution in [0.15, 0.2) is 107 Å². The Balaban J connectivity index is 1.39. The minimum atomic E-state index is -3.81. The van der Waals surface area contributed by atoms with Gasteiger partial charge in [0.1, 0.15) is 11.5 Å². The van der Waals surface area contributed by atoms with E-state index >= 15 is 0 Å². The molecule has 39 heavy (non-hydrogen) atoms. The number of sulfone groups is 1. The fraction of sp³-hybridized carbons (Fsp3) is 0.167. The molecule has 0 unspecified atom stereocenters. The van der Waals surface area contributed by atoms with Crippen LogP contribution in [0.5, 0.6) is 11.5 Å². The van der Waals surface area contributed by atoms with Crippen LogP contribution < -0.4 is 10.1 Å². The molecule has 0 aliphatic carbocycles. The summed E-state index contributed by atoms with van der Waals surface area (Å²) in [5.74, 6) is -0.521. The summed E-state index contributed by atoms with van der Waals surface area (Å²) >= 11 is 6.00. The van der Waals surface area contributed by atoms with Crippen LogP contribution >= 0.6 is 11.6 Å². The Morgan fingerprint density at radius 1 is 0.897 bits per heavy atom. The first kappa shape index (κ1) is 28.3. The van der Waals surface area contributed by atoms with Gasteiger partial charge in [-0.3, -0.25) is 0 Å². The van der Waals surface area contributed by atoms with Crippen molar-refractivity contribution < 1.29 is 28.2 Å². The number of ether oxygens (including phenoxy) is 1. The second-order valence-electron chi connectivity index (χ2n) is 9.14. The lowest BCUT2D eigenvalue weighted by Crippen LogP contribution is -2.32. The number of carboxylic acid groups (broad SMARTS) is 1. The van der Waals surface area contributed by atoms with E-state index in [-0.39, 0.29) is 32.9 Å². The number of aromatic carboxylic acids is 1. The van der Waals surface area contributed by atoms with E-state index in [1.165, 1.54) is 24.3 Å². The predicted octanol–water partition coefficient (Wildman–Crippen LogP) is 5.92. The van der Waals surface area contributed by atoms with E-state index in [1.807, 2.05) is 13.0 Å². The molecule has 0 radical (unpaired) electrons. The van der Waals surface area contributed by atoms with Crippen molar-refractivity contribution in [1.29, 1.82) is 0 Å². The van der Waals surface area contributed by atoms with Crippen LogP contribution in [0.1, 0.15) is 34.5 Å². The molecule has 0 aromatic heterocycles. The summed E-state index contributed by atoms with van der Waals surface area (Å²) in [7, 11) is -3.81. The first-order chi connectivity index (χ1) is 18.6. The van der Waals surface area contributed by atoms with Gasteiger partial charge in [-0.25, -0.2) is 13.2 Å². The van der Waals surface area contributed by atoms with Gasteiger partial charge in [0, 0.05) is 17.6 Å². The van der Waals surface area contributed by atoms with Crippen LogP contribution in [0.3, 0.4) is 0 Å². The predicted molar refractivity (Wildman–Crippen MR) is 149 cm³/mol. The summed E-state index contributed by atoms with van der Waals surface area (Å²) in [6.45, 7) is 2.35. The third-order valence-electron chi connectivity index (χ3n) is 6.10. The highest BCUT2D eigenvalue weighted by molar-refractivity contribution is 7.91. The maximum Gasteiger partial charge on any atom is 0.335 e. The van der Waals surface area contributed by atoms with Crippen molar-refractivity contribution in [2.45, 2.75) is 35.3 Å². The highest BCUT2D eigenvalue weighted by Crippen LogP contribution is 2.28. The van der Waals surface area contributed by atoms with Crippen LogP contribution in [0.25, 0.3) is 0 Å². The zero-order valence-corrected chi connectivity index (χ0v) is 22.7. The standard InChI is InChI=1S/C30H28ClNO6S/c1-20(32-19-29(33)22-5-2-7-24(31)16-22)15-21-11-13-27(14-12-21)39(36,37)28-10-4-9-26(18-28)38-25-8-3-6-23(17-25)30(34)35/h2-14,16-18,20,29,32-33H,15,19H2,1H3,(H,34,35)/t20-,29-/m1/s1. The Labute approximate surface area is 232 Å². The monoisotopic (exact) mass is 565 g/mol. The molecule has 0 aliphatic rings. The zero-order chi connectivity index (χ0) is 28.0. The van der Waals surface area contributed by atoms with Gasteiger partial charge < -0.3 is 20.3 Å². The minimum Gasteiger partial charge on any atom is -0.478 e. The van der Waals surface area contributed by atoms with Gasteiger partial charge in [0.15, 0.2) is 0 Å². The average molecular weight is 566 g/mol. The first-order valence-electron chi connectivity index (χ1n) is 12.2. The third kappa shape index (κ3) is 7.46. The number of halogens is 1. The molecule has 0 aliphatic heterocycles. The molecule has 2 atom stereocenters. The molecule has 4 aromatic rings. The fourth-order valence-electron chi connectivity index (χ4n) is 4.04. The number of carbonyl (C=O) groups is 1. The van der Waals surface area contributed by atoms with E-state index in [1.54, 1.807) is 66.7 Å². The minimum absolute atomic E-state index is 0.0368. The maximum atomic E-state index is 13.3. The number of aliphatic hydroxyl groups is 1. The van der Waals surface area contributed by atoms with Crippen LogP contribution in [0.4, 0.5) is 0 Å². The topological polar surface area (TPSA) is 113 Å². The molecule has 0 saturated carbocycles. The molecule has 0 saturated heterocycles. The first-order valence-corrected chi connectivity index (χ1v) is 14.1. The smallest absolute Gasteiger partial charge is 0.335 e. The number of aliphatic hydroxyl groups excluding tert-OH is 1. The summed E-state index contributed by atoms with van der Waals surface area (Å²) in [5.41, 5.74) is 1.75. The maximum absolute atomic E-state index is 13.3. The summed E-state index contributed by atoms with van der Waals surface area (Å²) in [6, 6.07) is 25.9.